The molecule has 1 aromatic rings. The van der Waals surface area contributed by atoms with Crippen LogP contribution in [0.25, 0.3) is 0 Å². The highest BCUT2D eigenvalue weighted by molar-refractivity contribution is 8.00. The first-order valence-corrected chi connectivity index (χ1v) is 8.81. The van der Waals surface area contributed by atoms with Crippen LogP contribution in [0.2, 0.25) is 0 Å². The summed E-state index contributed by atoms with van der Waals surface area (Å²) >= 11 is 1.77. The quantitative estimate of drug-likeness (QED) is 0.820. The molecular weight excluding hydrogens is 282 g/mol. The zero-order valence-electron chi connectivity index (χ0n) is 12.9. The number of amides is 1. The molecule has 1 N–H and O–H groups in total. The molecule has 2 heterocycles. The molecule has 0 aromatic carbocycles. The molecule has 0 saturated carbocycles. The van der Waals surface area contributed by atoms with Crippen molar-refractivity contribution in [2.24, 2.45) is 0 Å². The molecule has 2 atom stereocenters. The minimum Gasteiger partial charge on any atom is -0.332 e. The van der Waals surface area contributed by atoms with Crippen molar-refractivity contribution >= 4 is 17.7 Å². The summed E-state index contributed by atoms with van der Waals surface area (Å²) in [5, 5.41) is 3.42. The van der Waals surface area contributed by atoms with Crippen molar-refractivity contribution < 1.29 is 4.79 Å². The molecule has 5 heteroatoms. The number of thioether (sulfide) groups is 1. The van der Waals surface area contributed by atoms with Crippen molar-refractivity contribution in [1.29, 1.82) is 0 Å². The van der Waals surface area contributed by atoms with E-state index in [1.165, 1.54) is 12.8 Å². The summed E-state index contributed by atoms with van der Waals surface area (Å²) in [6.07, 6.45) is 6.00. The molecule has 0 bridgehead atoms. The Morgan fingerprint density at radius 2 is 2.48 bits per heavy atom. The largest absolute Gasteiger partial charge is 0.332 e. The van der Waals surface area contributed by atoms with Crippen LogP contribution in [0.3, 0.4) is 0 Å². The van der Waals surface area contributed by atoms with Gasteiger partial charge in [-0.25, -0.2) is 0 Å². The molecule has 0 radical (unpaired) electrons. The van der Waals surface area contributed by atoms with Gasteiger partial charge in [0.05, 0.1) is 11.3 Å². The van der Waals surface area contributed by atoms with Crippen LogP contribution in [0.1, 0.15) is 38.3 Å². The number of carbonyl (C=O) groups excluding carboxylic acids is 1. The Morgan fingerprint density at radius 3 is 3.19 bits per heavy atom. The summed E-state index contributed by atoms with van der Waals surface area (Å²) in [5.74, 6) is 1.32. The monoisotopic (exact) mass is 307 g/mol. The SMILES string of the molecule is CCCCSC(C)C(=O)N1CCNCC1c1cccnc1. The number of nitrogens with zero attached hydrogens (tertiary/aromatic N) is 2. The minimum atomic E-state index is 0.0359. The van der Waals surface area contributed by atoms with Crippen LogP contribution in [0, 0.1) is 0 Å². The molecule has 2 rings (SSSR count). The van der Waals surface area contributed by atoms with E-state index in [0.717, 1.165) is 31.0 Å². The third-order valence-corrected chi connectivity index (χ3v) is 5.04. The van der Waals surface area contributed by atoms with Crippen molar-refractivity contribution in [3.63, 3.8) is 0 Å². The van der Waals surface area contributed by atoms with E-state index in [2.05, 4.69) is 23.3 Å². The smallest absolute Gasteiger partial charge is 0.236 e. The minimum absolute atomic E-state index is 0.0359. The van der Waals surface area contributed by atoms with Gasteiger partial charge in [0, 0.05) is 32.0 Å². The van der Waals surface area contributed by atoms with Gasteiger partial charge >= 0.3 is 0 Å². The predicted octanol–water partition coefficient (Wildman–Crippen LogP) is 2.48. The lowest BCUT2D eigenvalue weighted by Gasteiger charge is -2.37. The molecule has 0 spiro atoms. The molecule has 1 fully saturated rings. The zero-order chi connectivity index (χ0) is 15.1. The van der Waals surface area contributed by atoms with E-state index < -0.39 is 0 Å². The van der Waals surface area contributed by atoms with Crippen LogP contribution in [0.5, 0.6) is 0 Å². The summed E-state index contributed by atoms with van der Waals surface area (Å²) in [5.41, 5.74) is 1.11. The molecule has 2 unspecified atom stereocenters. The fourth-order valence-corrected chi connectivity index (χ4v) is 3.64. The molecule has 4 nitrogen and oxygen atoms in total. The van der Waals surface area contributed by atoms with E-state index in [1.54, 1.807) is 18.0 Å². The van der Waals surface area contributed by atoms with Gasteiger partial charge in [-0.2, -0.15) is 0 Å². The maximum Gasteiger partial charge on any atom is 0.236 e. The summed E-state index contributed by atoms with van der Waals surface area (Å²) in [7, 11) is 0. The highest BCUT2D eigenvalue weighted by Gasteiger charge is 2.30. The Kier molecular flexibility index (Phi) is 6.51. The van der Waals surface area contributed by atoms with Crippen LogP contribution in [0.4, 0.5) is 0 Å². The van der Waals surface area contributed by atoms with Crippen molar-refractivity contribution in [1.82, 2.24) is 15.2 Å². The fourth-order valence-electron chi connectivity index (χ4n) is 2.55. The number of hydrogen-bond acceptors (Lipinski definition) is 4. The molecule has 1 aliphatic heterocycles. The van der Waals surface area contributed by atoms with Crippen LogP contribution < -0.4 is 5.32 Å². The lowest BCUT2D eigenvalue weighted by Crippen LogP contribution is -2.50. The van der Waals surface area contributed by atoms with E-state index >= 15 is 0 Å². The number of nitrogens with one attached hydrogen (secondary N) is 1. The molecule has 1 aliphatic rings. The first-order chi connectivity index (χ1) is 10.2. The Balaban J connectivity index is 2.02. The van der Waals surface area contributed by atoms with Gasteiger partial charge in [0.2, 0.25) is 5.91 Å². The predicted molar refractivity (Wildman–Crippen MR) is 88.4 cm³/mol. The first kappa shape index (κ1) is 16.3. The number of hydrogen-bond donors (Lipinski definition) is 1. The highest BCUT2D eigenvalue weighted by Crippen LogP contribution is 2.25. The van der Waals surface area contributed by atoms with Crippen molar-refractivity contribution in [3.8, 4) is 0 Å². The maximum atomic E-state index is 12.7. The first-order valence-electron chi connectivity index (χ1n) is 7.76. The number of pyridine rings is 1. The van der Waals surface area contributed by atoms with E-state index in [1.807, 2.05) is 24.1 Å². The Hall–Kier alpha value is -1.07. The molecular formula is C16H25N3OS. The van der Waals surface area contributed by atoms with Crippen LogP contribution in [0.15, 0.2) is 24.5 Å². The van der Waals surface area contributed by atoms with Gasteiger partial charge in [0.25, 0.3) is 0 Å². The Morgan fingerprint density at radius 1 is 1.62 bits per heavy atom. The van der Waals surface area contributed by atoms with Crippen molar-refractivity contribution in [3.05, 3.63) is 30.1 Å². The summed E-state index contributed by atoms with van der Waals surface area (Å²) in [4.78, 5) is 18.9. The van der Waals surface area contributed by atoms with Crippen LogP contribution in [-0.4, -0.2) is 46.4 Å². The van der Waals surface area contributed by atoms with E-state index in [9.17, 15) is 4.79 Å². The average Bonchev–Trinajstić information content (AvgIpc) is 2.55. The number of carbonyl (C=O) groups is 1. The molecule has 0 aliphatic carbocycles. The lowest BCUT2D eigenvalue weighted by atomic mass is 10.0. The van der Waals surface area contributed by atoms with E-state index in [0.29, 0.717) is 0 Å². The standard InChI is InChI=1S/C16H25N3OS/c1-3-4-10-21-13(2)16(20)19-9-8-18-12-15(19)14-6-5-7-17-11-14/h5-7,11,13,15,18H,3-4,8-10,12H2,1-2H3. The third kappa shape index (κ3) is 4.45. The van der Waals surface area contributed by atoms with Gasteiger partial charge in [0.15, 0.2) is 0 Å². The zero-order valence-corrected chi connectivity index (χ0v) is 13.7. The fraction of sp³-hybridized carbons (Fsp3) is 0.625. The number of piperazine rings is 1. The molecule has 116 valence electrons. The molecule has 1 amide bonds. The maximum absolute atomic E-state index is 12.7. The number of rotatable bonds is 6. The topological polar surface area (TPSA) is 45.2 Å². The van der Waals surface area contributed by atoms with Gasteiger partial charge in [-0.3, -0.25) is 9.78 Å². The van der Waals surface area contributed by atoms with Crippen LogP contribution in [-0.2, 0) is 4.79 Å². The number of aromatic nitrogens is 1. The van der Waals surface area contributed by atoms with Gasteiger partial charge in [-0.15, -0.1) is 11.8 Å². The second-order valence-electron chi connectivity index (χ2n) is 5.40. The van der Waals surface area contributed by atoms with Gasteiger partial charge in [-0.05, 0) is 30.7 Å². The van der Waals surface area contributed by atoms with E-state index in [4.69, 9.17) is 0 Å². The number of unbranched alkanes of at least 4 members (excludes halogenated alkanes) is 1. The summed E-state index contributed by atoms with van der Waals surface area (Å²) < 4.78 is 0. The van der Waals surface area contributed by atoms with Crippen LogP contribution >= 0.6 is 11.8 Å². The summed E-state index contributed by atoms with van der Waals surface area (Å²) in [6.45, 7) is 6.67. The normalized spacial score (nSPS) is 20.3. The summed E-state index contributed by atoms with van der Waals surface area (Å²) in [6, 6.07) is 4.10. The second-order valence-corrected chi connectivity index (χ2v) is 6.85. The molecule has 1 saturated heterocycles. The Labute approximate surface area is 131 Å². The average molecular weight is 307 g/mol. The molecule has 21 heavy (non-hydrogen) atoms. The Bertz CT molecular complexity index is 440. The highest BCUT2D eigenvalue weighted by atomic mass is 32.2. The lowest BCUT2D eigenvalue weighted by molar-refractivity contribution is -0.133. The van der Waals surface area contributed by atoms with Gasteiger partial charge in [-0.1, -0.05) is 19.4 Å². The van der Waals surface area contributed by atoms with Crippen molar-refractivity contribution in [2.45, 2.75) is 38.0 Å². The van der Waals surface area contributed by atoms with Crippen molar-refractivity contribution in [2.75, 3.05) is 25.4 Å². The van der Waals surface area contributed by atoms with Gasteiger partial charge in [0.1, 0.15) is 0 Å². The third-order valence-electron chi connectivity index (χ3n) is 3.81. The second kappa shape index (κ2) is 8.39. The van der Waals surface area contributed by atoms with Gasteiger partial charge < -0.3 is 10.2 Å². The molecule has 1 aromatic heterocycles. The van der Waals surface area contributed by atoms with E-state index in [-0.39, 0.29) is 17.2 Å².